The molecule has 0 fully saturated rings. The molecule has 0 aromatic carbocycles. The highest BCUT2D eigenvalue weighted by Gasteiger charge is 2.28. The molecule has 0 radical (unpaired) electrons. The lowest BCUT2D eigenvalue weighted by Crippen LogP contribution is -2.36. The van der Waals surface area contributed by atoms with Gasteiger partial charge in [-0.25, -0.2) is 13.2 Å². The number of hydrogen-bond donors (Lipinski definition) is 2. The van der Waals surface area contributed by atoms with Crippen LogP contribution in [0.4, 0.5) is 0 Å². The molecule has 1 aromatic rings. The van der Waals surface area contributed by atoms with Crippen molar-refractivity contribution in [2.75, 3.05) is 13.7 Å². The fourth-order valence-corrected chi connectivity index (χ4v) is 4.20. The average molecular weight is 293 g/mol. The van der Waals surface area contributed by atoms with Crippen LogP contribution in [0.1, 0.15) is 22.2 Å². The van der Waals surface area contributed by atoms with E-state index >= 15 is 0 Å². The number of rotatable bonds is 5. The number of carbonyl (C=O) groups is 1. The maximum absolute atomic E-state index is 12.2. The monoisotopic (exact) mass is 293 g/mol. The fraction of sp³-hybridized carbons (Fsp3) is 0.500. The minimum Gasteiger partial charge on any atom is -0.477 e. The Bertz CT molecular complexity index is 549. The predicted octanol–water partition coefficient (Wildman–Crippen LogP) is 0.756. The fourth-order valence-electron chi connectivity index (χ4n) is 1.29. The maximum Gasteiger partial charge on any atom is 0.346 e. The van der Waals surface area contributed by atoms with Gasteiger partial charge in [0.15, 0.2) is 0 Å². The van der Waals surface area contributed by atoms with Gasteiger partial charge in [-0.1, -0.05) is 0 Å². The molecule has 0 saturated carbocycles. The second-order valence-corrected chi connectivity index (χ2v) is 7.21. The summed E-state index contributed by atoms with van der Waals surface area (Å²) in [7, 11) is -2.40. The molecule has 102 valence electrons. The second kappa shape index (κ2) is 5.35. The standard InChI is InChI=1S/C10H15NO5S2/c1-6-4-8(17-9(6)10(13)14)18(15,16)11(3)7(2)5-12/h4,7,12H,5H2,1-3H3,(H,13,14). The first-order valence-electron chi connectivity index (χ1n) is 5.14. The average Bonchev–Trinajstić information content (AvgIpc) is 2.70. The van der Waals surface area contributed by atoms with E-state index in [0.717, 1.165) is 15.6 Å². The molecule has 0 bridgehead atoms. The number of sulfonamides is 1. The van der Waals surface area contributed by atoms with Crippen LogP contribution in [0.2, 0.25) is 0 Å². The van der Waals surface area contributed by atoms with Gasteiger partial charge in [-0.05, 0) is 25.5 Å². The number of hydrogen-bond acceptors (Lipinski definition) is 5. The minimum absolute atomic E-state index is 0.0126. The van der Waals surface area contributed by atoms with Gasteiger partial charge in [0.1, 0.15) is 9.09 Å². The Morgan fingerprint density at radius 2 is 2.11 bits per heavy atom. The van der Waals surface area contributed by atoms with Crippen molar-refractivity contribution in [1.82, 2.24) is 4.31 Å². The smallest absolute Gasteiger partial charge is 0.346 e. The Kier molecular flexibility index (Phi) is 4.49. The van der Waals surface area contributed by atoms with Crippen LogP contribution in [0, 0.1) is 6.92 Å². The van der Waals surface area contributed by atoms with Crippen LogP contribution in [0.25, 0.3) is 0 Å². The molecule has 0 saturated heterocycles. The van der Waals surface area contributed by atoms with E-state index in [-0.39, 0.29) is 15.7 Å². The van der Waals surface area contributed by atoms with Crippen LogP contribution < -0.4 is 0 Å². The summed E-state index contributed by atoms with van der Waals surface area (Å²) in [5, 5.41) is 17.9. The first-order valence-corrected chi connectivity index (χ1v) is 7.40. The molecule has 0 aliphatic carbocycles. The molecule has 2 N–H and O–H groups in total. The van der Waals surface area contributed by atoms with Crippen molar-refractivity contribution in [3.05, 3.63) is 16.5 Å². The second-order valence-electron chi connectivity index (χ2n) is 3.94. The summed E-state index contributed by atoms with van der Waals surface area (Å²) >= 11 is 0.720. The van der Waals surface area contributed by atoms with E-state index in [4.69, 9.17) is 10.2 Å². The molecule has 0 amide bonds. The highest BCUT2D eigenvalue weighted by Crippen LogP contribution is 2.28. The molecule has 1 unspecified atom stereocenters. The van der Waals surface area contributed by atoms with Gasteiger partial charge in [0.05, 0.1) is 6.61 Å². The first-order chi connectivity index (χ1) is 8.21. The lowest BCUT2D eigenvalue weighted by Gasteiger charge is -2.21. The normalized spacial score (nSPS) is 13.8. The SMILES string of the molecule is Cc1cc(S(=O)(=O)N(C)C(C)CO)sc1C(=O)O. The Labute approximate surface area is 110 Å². The van der Waals surface area contributed by atoms with Crippen LogP contribution in [0.15, 0.2) is 10.3 Å². The number of likely N-dealkylation sites (N-methyl/N-ethyl adjacent to an activating group) is 1. The first kappa shape index (κ1) is 15.1. The van der Waals surface area contributed by atoms with Crippen molar-refractivity contribution < 1.29 is 23.4 Å². The van der Waals surface area contributed by atoms with E-state index < -0.39 is 22.0 Å². The summed E-state index contributed by atoms with van der Waals surface area (Å²) in [4.78, 5) is 10.9. The molecule has 1 heterocycles. The number of aryl methyl sites for hydroxylation is 1. The lowest BCUT2D eigenvalue weighted by atomic mass is 10.3. The van der Waals surface area contributed by atoms with Gasteiger partial charge in [0.2, 0.25) is 0 Å². The number of carboxylic acids is 1. The van der Waals surface area contributed by atoms with E-state index in [2.05, 4.69) is 0 Å². The Balaban J connectivity index is 3.21. The number of aliphatic hydroxyl groups is 1. The van der Waals surface area contributed by atoms with E-state index in [0.29, 0.717) is 5.56 Å². The predicted molar refractivity (Wildman–Crippen MR) is 67.5 cm³/mol. The van der Waals surface area contributed by atoms with E-state index in [1.807, 2.05) is 0 Å². The van der Waals surface area contributed by atoms with Crippen molar-refractivity contribution in [3.8, 4) is 0 Å². The third-order valence-corrected chi connectivity index (χ3v) is 6.25. The van der Waals surface area contributed by atoms with E-state index in [9.17, 15) is 13.2 Å². The summed E-state index contributed by atoms with van der Waals surface area (Å²) in [6, 6.07) is 0.773. The molecular formula is C10H15NO5S2. The molecule has 0 aliphatic rings. The van der Waals surface area contributed by atoms with E-state index in [1.165, 1.54) is 13.1 Å². The van der Waals surface area contributed by atoms with Gasteiger partial charge >= 0.3 is 5.97 Å². The van der Waals surface area contributed by atoms with Gasteiger partial charge in [-0.2, -0.15) is 4.31 Å². The largest absolute Gasteiger partial charge is 0.477 e. The Morgan fingerprint density at radius 3 is 2.50 bits per heavy atom. The molecule has 18 heavy (non-hydrogen) atoms. The van der Waals surface area contributed by atoms with E-state index in [1.54, 1.807) is 13.8 Å². The molecule has 0 spiro atoms. The molecule has 0 aliphatic heterocycles. The molecular weight excluding hydrogens is 278 g/mol. The quantitative estimate of drug-likeness (QED) is 0.835. The van der Waals surface area contributed by atoms with Gasteiger partial charge in [-0.15, -0.1) is 11.3 Å². The number of thiophene rings is 1. The summed E-state index contributed by atoms with van der Waals surface area (Å²) in [6.07, 6.45) is 0. The van der Waals surface area contributed by atoms with Crippen molar-refractivity contribution in [2.45, 2.75) is 24.1 Å². The van der Waals surface area contributed by atoms with Crippen LogP contribution in [-0.4, -0.2) is 48.6 Å². The minimum atomic E-state index is -3.76. The van der Waals surface area contributed by atoms with Crippen LogP contribution in [0.5, 0.6) is 0 Å². The molecule has 1 atom stereocenters. The summed E-state index contributed by atoms with van der Waals surface area (Å²) in [5.74, 6) is -1.14. The molecule has 1 aromatic heterocycles. The van der Waals surface area contributed by atoms with Crippen LogP contribution in [0.3, 0.4) is 0 Å². The van der Waals surface area contributed by atoms with Gasteiger partial charge in [0, 0.05) is 13.1 Å². The molecule has 6 nitrogen and oxygen atoms in total. The third kappa shape index (κ3) is 2.72. The third-order valence-electron chi connectivity index (χ3n) is 2.61. The Hall–Kier alpha value is -0.960. The Morgan fingerprint density at radius 1 is 1.56 bits per heavy atom. The zero-order valence-electron chi connectivity index (χ0n) is 10.2. The number of nitrogens with zero attached hydrogens (tertiary/aromatic N) is 1. The summed E-state index contributed by atoms with van der Waals surface area (Å²) in [6.45, 7) is 2.82. The van der Waals surface area contributed by atoms with Crippen molar-refractivity contribution in [1.29, 1.82) is 0 Å². The topological polar surface area (TPSA) is 94.9 Å². The summed E-state index contributed by atoms with van der Waals surface area (Å²) in [5.41, 5.74) is 0.413. The van der Waals surface area contributed by atoms with Gasteiger partial charge < -0.3 is 10.2 Å². The molecule has 8 heteroatoms. The highest BCUT2D eigenvalue weighted by atomic mass is 32.2. The number of aromatic carboxylic acids is 1. The number of carboxylic acid groups (broad SMARTS) is 1. The van der Waals surface area contributed by atoms with Crippen LogP contribution >= 0.6 is 11.3 Å². The van der Waals surface area contributed by atoms with Gasteiger partial charge in [-0.3, -0.25) is 0 Å². The molecule has 1 rings (SSSR count). The maximum atomic E-state index is 12.2. The van der Waals surface area contributed by atoms with Crippen LogP contribution in [-0.2, 0) is 10.0 Å². The van der Waals surface area contributed by atoms with Crippen molar-refractivity contribution in [2.24, 2.45) is 0 Å². The number of aliphatic hydroxyl groups excluding tert-OH is 1. The highest BCUT2D eigenvalue weighted by molar-refractivity contribution is 7.91. The zero-order chi connectivity index (χ0) is 14.1. The van der Waals surface area contributed by atoms with Crippen molar-refractivity contribution >= 4 is 27.3 Å². The van der Waals surface area contributed by atoms with Crippen molar-refractivity contribution in [3.63, 3.8) is 0 Å². The lowest BCUT2D eigenvalue weighted by molar-refractivity contribution is 0.0701. The zero-order valence-corrected chi connectivity index (χ0v) is 11.9. The van der Waals surface area contributed by atoms with Gasteiger partial charge in [0.25, 0.3) is 10.0 Å². The summed E-state index contributed by atoms with van der Waals surface area (Å²) < 4.78 is 25.3.